The zero-order chi connectivity index (χ0) is 14.5. The van der Waals surface area contributed by atoms with Crippen molar-refractivity contribution in [3.63, 3.8) is 0 Å². The fraction of sp³-hybridized carbons (Fsp3) is 0.312. The predicted octanol–water partition coefficient (Wildman–Crippen LogP) is 3.31. The number of aromatic nitrogens is 1. The molecule has 102 valence electrons. The highest BCUT2D eigenvalue weighted by atomic mass is 16.4. The minimum absolute atomic E-state index is 0.0000218. The molecule has 0 N–H and O–H groups in total. The van der Waals surface area contributed by atoms with Crippen molar-refractivity contribution in [3.05, 3.63) is 41.4 Å². The molecule has 1 aliphatic rings. The van der Waals surface area contributed by atoms with Crippen LogP contribution in [0.25, 0.3) is 11.3 Å². The van der Waals surface area contributed by atoms with E-state index in [1.54, 1.807) is 18.2 Å². The largest absolute Gasteiger partial charge is 0.440 e. The molecule has 0 spiro atoms. The van der Waals surface area contributed by atoms with E-state index in [9.17, 15) is 9.59 Å². The number of benzene rings is 1. The average Bonchev–Trinajstić information content (AvgIpc) is 2.77. The molecule has 0 bridgehead atoms. The zero-order valence-corrected chi connectivity index (χ0v) is 11.7. The van der Waals surface area contributed by atoms with Crippen LogP contribution in [0.15, 0.2) is 28.7 Å². The number of oxazole rings is 1. The van der Waals surface area contributed by atoms with E-state index in [1.165, 1.54) is 0 Å². The summed E-state index contributed by atoms with van der Waals surface area (Å²) in [5.41, 5.74) is 1.19. The quantitative estimate of drug-likeness (QED) is 0.745. The molecule has 1 aromatic carbocycles. The molecule has 1 heterocycles. The second kappa shape index (κ2) is 4.13. The van der Waals surface area contributed by atoms with Gasteiger partial charge in [-0.05, 0) is 5.41 Å². The predicted molar refractivity (Wildman–Crippen MR) is 73.8 cm³/mol. The molecule has 0 amide bonds. The lowest BCUT2D eigenvalue weighted by Crippen LogP contribution is -2.21. The van der Waals surface area contributed by atoms with Crippen molar-refractivity contribution in [2.45, 2.75) is 27.2 Å². The number of nitrogens with zero attached hydrogens (tertiary/aromatic N) is 1. The first-order valence-electron chi connectivity index (χ1n) is 6.55. The van der Waals surface area contributed by atoms with Crippen LogP contribution in [0, 0.1) is 5.41 Å². The number of fused-ring (bicyclic) bond motifs is 3. The molecule has 0 saturated carbocycles. The lowest BCUT2D eigenvalue weighted by molar-refractivity contribution is 0.0812. The minimum atomic E-state index is -0.581. The summed E-state index contributed by atoms with van der Waals surface area (Å²) < 4.78 is 5.74. The number of carbonyl (C=O) groups excluding carboxylic acids is 2. The van der Waals surface area contributed by atoms with E-state index in [0.29, 0.717) is 29.2 Å². The normalized spacial score (nSPS) is 14.2. The van der Waals surface area contributed by atoms with Gasteiger partial charge in [0.2, 0.25) is 5.78 Å². The number of rotatable bonds is 1. The van der Waals surface area contributed by atoms with E-state index >= 15 is 0 Å². The summed E-state index contributed by atoms with van der Waals surface area (Å²) in [5.74, 6) is -0.170. The maximum atomic E-state index is 12.1. The fourth-order valence-corrected chi connectivity index (χ4v) is 2.34. The fourth-order valence-electron chi connectivity index (χ4n) is 2.34. The Bertz CT molecular complexity index is 720. The van der Waals surface area contributed by atoms with Gasteiger partial charge in [-0.15, -0.1) is 0 Å². The Kier molecular flexibility index (Phi) is 2.64. The van der Waals surface area contributed by atoms with Gasteiger partial charge < -0.3 is 4.42 Å². The van der Waals surface area contributed by atoms with Crippen LogP contribution in [0.4, 0.5) is 0 Å². The van der Waals surface area contributed by atoms with E-state index in [-0.39, 0.29) is 11.1 Å². The van der Waals surface area contributed by atoms with Crippen molar-refractivity contribution in [2.24, 2.45) is 5.41 Å². The first-order chi connectivity index (χ1) is 9.37. The molecule has 0 fully saturated rings. The third-order valence-corrected chi connectivity index (χ3v) is 3.19. The van der Waals surface area contributed by atoms with Crippen molar-refractivity contribution in [2.75, 3.05) is 0 Å². The molecule has 4 heteroatoms. The molecule has 4 nitrogen and oxygen atoms in total. The molecule has 0 atom stereocenters. The van der Waals surface area contributed by atoms with Crippen molar-refractivity contribution >= 4 is 11.6 Å². The summed E-state index contributed by atoms with van der Waals surface area (Å²) in [5, 5.41) is 0. The smallest absolute Gasteiger partial charge is 0.255 e. The van der Waals surface area contributed by atoms with Gasteiger partial charge in [0.1, 0.15) is 0 Å². The zero-order valence-electron chi connectivity index (χ0n) is 11.7. The summed E-state index contributed by atoms with van der Waals surface area (Å²) >= 11 is 0. The van der Waals surface area contributed by atoms with E-state index in [0.717, 1.165) is 0 Å². The second-order valence-electron chi connectivity index (χ2n) is 6.23. The van der Waals surface area contributed by atoms with E-state index in [4.69, 9.17) is 4.42 Å². The van der Waals surface area contributed by atoms with Crippen molar-refractivity contribution in [3.8, 4) is 11.3 Å². The first-order valence-corrected chi connectivity index (χ1v) is 6.55. The monoisotopic (exact) mass is 269 g/mol. The van der Waals surface area contributed by atoms with Crippen LogP contribution >= 0.6 is 0 Å². The Morgan fingerprint density at radius 2 is 1.70 bits per heavy atom. The first kappa shape index (κ1) is 12.8. The maximum Gasteiger partial charge on any atom is 0.255 e. The molecule has 3 rings (SSSR count). The van der Waals surface area contributed by atoms with E-state index < -0.39 is 11.6 Å². The van der Waals surface area contributed by atoms with Gasteiger partial charge in [0.15, 0.2) is 17.3 Å². The summed E-state index contributed by atoms with van der Waals surface area (Å²) in [6.45, 7) is 6.20. The van der Waals surface area contributed by atoms with Crippen LogP contribution in [0.1, 0.15) is 47.5 Å². The Labute approximate surface area is 116 Å². The van der Waals surface area contributed by atoms with Crippen LogP contribution in [0.3, 0.4) is 0 Å². The van der Waals surface area contributed by atoms with Crippen LogP contribution in [0.5, 0.6) is 0 Å². The molecular weight excluding hydrogens is 254 g/mol. The van der Waals surface area contributed by atoms with Gasteiger partial charge in [-0.1, -0.05) is 45.0 Å². The van der Waals surface area contributed by atoms with Crippen molar-refractivity contribution < 1.29 is 14.0 Å². The molecule has 0 saturated heterocycles. The molecule has 0 unspecified atom stereocenters. The highest BCUT2D eigenvalue weighted by molar-refractivity contribution is 6.52. The third-order valence-electron chi connectivity index (χ3n) is 3.19. The van der Waals surface area contributed by atoms with Crippen LogP contribution < -0.4 is 0 Å². The number of hydrogen-bond donors (Lipinski definition) is 0. The van der Waals surface area contributed by atoms with Crippen molar-refractivity contribution in [1.82, 2.24) is 4.98 Å². The lowest BCUT2D eigenvalue weighted by atomic mass is 9.91. The molecular formula is C16H15NO3. The van der Waals surface area contributed by atoms with Gasteiger partial charge in [-0.25, -0.2) is 4.98 Å². The van der Waals surface area contributed by atoms with Crippen LogP contribution in [-0.4, -0.2) is 16.6 Å². The third kappa shape index (κ3) is 1.97. The molecule has 0 aliphatic heterocycles. The number of hydrogen-bond acceptors (Lipinski definition) is 4. The summed E-state index contributed by atoms with van der Waals surface area (Å²) in [7, 11) is 0. The van der Waals surface area contributed by atoms with Gasteiger partial charge in [-0.2, -0.15) is 0 Å². The standard InChI is InChI=1S/C16H15NO3/c1-16(2,3)8-11-17-12-14(19)13(18)9-6-4-5-7-10(9)15(12)20-11/h4-7H,8H2,1-3H3. The van der Waals surface area contributed by atoms with E-state index in [1.807, 2.05) is 6.07 Å². The Morgan fingerprint density at radius 3 is 2.35 bits per heavy atom. The molecule has 2 aromatic rings. The molecule has 1 aromatic heterocycles. The van der Waals surface area contributed by atoms with Gasteiger partial charge in [0.25, 0.3) is 5.78 Å². The highest BCUT2D eigenvalue weighted by Gasteiger charge is 2.35. The van der Waals surface area contributed by atoms with Gasteiger partial charge in [0, 0.05) is 17.5 Å². The molecule has 20 heavy (non-hydrogen) atoms. The maximum absolute atomic E-state index is 12.1. The van der Waals surface area contributed by atoms with Crippen LogP contribution in [-0.2, 0) is 6.42 Å². The second-order valence-corrected chi connectivity index (χ2v) is 6.23. The number of Topliss-reactive ketones (excluding diaryl/α,β-unsaturated/α-hetero) is 2. The summed E-state index contributed by atoms with van der Waals surface area (Å²) in [6.07, 6.45) is 0.615. The molecule has 1 aliphatic carbocycles. The Morgan fingerprint density at radius 1 is 1.05 bits per heavy atom. The minimum Gasteiger partial charge on any atom is -0.440 e. The molecule has 0 radical (unpaired) electrons. The summed E-state index contributed by atoms with van der Waals surface area (Å²) in [6, 6.07) is 6.98. The Balaban J connectivity index is 2.16. The van der Waals surface area contributed by atoms with Crippen LogP contribution in [0.2, 0.25) is 0 Å². The van der Waals surface area contributed by atoms with Gasteiger partial charge in [0.05, 0.1) is 0 Å². The number of carbonyl (C=O) groups is 2. The van der Waals surface area contributed by atoms with Crippen molar-refractivity contribution in [1.29, 1.82) is 0 Å². The van der Waals surface area contributed by atoms with Gasteiger partial charge in [-0.3, -0.25) is 9.59 Å². The SMILES string of the molecule is CC(C)(C)Cc1nc2c(o1)-c1ccccc1C(=O)C2=O. The average molecular weight is 269 g/mol. The highest BCUT2D eigenvalue weighted by Crippen LogP contribution is 2.35. The van der Waals surface area contributed by atoms with E-state index in [2.05, 4.69) is 25.8 Å². The number of ketones is 2. The van der Waals surface area contributed by atoms with Gasteiger partial charge >= 0.3 is 0 Å². The lowest BCUT2D eigenvalue weighted by Gasteiger charge is -2.14. The summed E-state index contributed by atoms with van der Waals surface area (Å²) in [4.78, 5) is 28.4. The topological polar surface area (TPSA) is 60.2 Å². The Hall–Kier alpha value is -2.23.